The molecule has 3 fully saturated rings. The summed E-state index contributed by atoms with van der Waals surface area (Å²) in [4.78, 5) is 13.2. The van der Waals surface area contributed by atoms with Crippen molar-refractivity contribution < 1.29 is 22.7 Å². The van der Waals surface area contributed by atoms with E-state index >= 15 is 0 Å². The van der Waals surface area contributed by atoms with Crippen molar-refractivity contribution in [1.82, 2.24) is 4.31 Å². The van der Waals surface area contributed by atoms with Gasteiger partial charge in [-0.05, 0) is 60.6 Å². The summed E-state index contributed by atoms with van der Waals surface area (Å²) in [5, 5.41) is 0. The van der Waals surface area contributed by atoms with Crippen LogP contribution in [-0.4, -0.2) is 44.1 Å². The van der Waals surface area contributed by atoms with E-state index in [0.29, 0.717) is 25.6 Å². The van der Waals surface area contributed by atoms with Crippen LogP contribution >= 0.6 is 0 Å². The highest BCUT2D eigenvalue weighted by atomic mass is 32.2. The van der Waals surface area contributed by atoms with E-state index in [1.165, 1.54) is 4.31 Å². The lowest BCUT2D eigenvalue weighted by Gasteiger charge is -2.37. The van der Waals surface area contributed by atoms with Crippen LogP contribution in [0.3, 0.4) is 0 Å². The number of carbonyl (C=O) groups is 1. The molecule has 1 aromatic carbocycles. The Balaban J connectivity index is 1.29. The molecule has 0 radical (unpaired) electrons. The largest absolute Gasteiger partial charge is 0.497 e. The number of rotatable bonds is 9. The maximum Gasteiger partial charge on any atom is 0.238 e. The van der Waals surface area contributed by atoms with Gasteiger partial charge in [0.2, 0.25) is 15.9 Å². The number of ether oxygens (including phenoxy) is 2. The van der Waals surface area contributed by atoms with Gasteiger partial charge in [0.05, 0.1) is 32.1 Å². The van der Waals surface area contributed by atoms with E-state index in [0.717, 1.165) is 36.1 Å². The van der Waals surface area contributed by atoms with E-state index in [1.807, 2.05) is 31.2 Å². The number of sulfonamides is 1. The first-order valence-electron chi connectivity index (χ1n) is 11.9. The van der Waals surface area contributed by atoms with Crippen molar-refractivity contribution in [2.24, 2.45) is 22.7 Å². The summed E-state index contributed by atoms with van der Waals surface area (Å²) < 4.78 is 38.4. The van der Waals surface area contributed by atoms with Crippen LogP contribution in [0.2, 0.25) is 0 Å². The van der Waals surface area contributed by atoms with Gasteiger partial charge in [-0.25, -0.2) is 12.7 Å². The fraction of sp³-hybridized carbons (Fsp3) is 0.654. The summed E-state index contributed by atoms with van der Waals surface area (Å²) in [6, 6.07) is 7.56. The Kier molecular flexibility index (Phi) is 6.42. The van der Waals surface area contributed by atoms with Crippen molar-refractivity contribution in [3.63, 3.8) is 0 Å². The van der Waals surface area contributed by atoms with Gasteiger partial charge < -0.3 is 9.47 Å². The van der Waals surface area contributed by atoms with Crippen molar-refractivity contribution >= 4 is 15.9 Å². The number of amides is 1. The Morgan fingerprint density at radius 1 is 1.24 bits per heavy atom. The predicted molar refractivity (Wildman–Crippen MR) is 128 cm³/mol. The van der Waals surface area contributed by atoms with Crippen LogP contribution in [-0.2, 0) is 26.2 Å². The summed E-state index contributed by atoms with van der Waals surface area (Å²) in [5.41, 5.74) is 1.66. The minimum atomic E-state index is -3.56. The third-order valence-corrected chi connectivity index (χ3v) is 10.5. The maximum atomic E-state index is 13.2. The molecule has 1 aromatic rings. The summed E-state index contributed by atoms with van der Waals surface area (Å²) in [5.74, 6) is 1.20. The van der Waals surface area contributed by atoms with Crippen LogP contribution in [0.25, 0.3) is 0 Å². The fourth-order valence-corrected chi connectivity index (χ4v) is 9.22. The molecular weight excluding hydrogens is 438 g/mol. The van der Waals surface area contributed by atoms with Crippen LogP contribution in [0.4, 0.5) is 0 Å². The van der Waals surface area contributed by atoms with Crippen molar-refractivity contribution in [1.29, 1.82) is 0 Å². The predicted octanol–water partition coefficient (Wildman–Crippen LogP) is 4.55. The van der Waals surface area contributed by atoms with Gasteiger partial charge in [0.25, 0.3) is 0 Å². The fourth-order valence-electron chi connectivity index (χ4n) is 6.66. The number of hydrogen-bond donors (Lipinski definition) is 0. The molecule has 4 atom stereocenters. The third-order valence-electron chi connectivity index (χ3n) is 8.55. The molecule has 1 amide bonds. The number of fused-ring (bicyclic) bond motifs is 1. The van der Waals surface area contributed by atoms with Gasteiger partial charge >= 0.3 is 0 Å². The molecule has 7 heteroatoms. The first-order chi connectivity index (χ1) is 15.5. The molecule has 1 spiro atoms. The summed E-state index contributed by atoms with van der Waals surface area (Å²) in [6.45, 7) is 11.4. The van der Waals surface area contributed by atoms with Crippen LogP contribution in [0.5, 0.6) is 5.75 Å². The molecule has 2 saturated carbocycles. The van der Waals surface area contributed by atoms with E-state index in [4.69, 9.17) is 9.47 Å². The van der Waals surface area contributed by atoms with Gasteiger partial charge in [-0.3, -0.25) is 4.79 Å². The van der Waals surface area contributed by atoms with Crippen molar-refractivity contribution in [2.75, 3.05) is 19.5 Å². The molecule has 0 N–H and O–H groups in total. The van der Waals surface area contributed by atoms with Crippen LogP contribution < -0.4 is 4.74 Å². The Hall–Kier alpha value is -1.86. The monoisotopic (exact) mass is 475 g/mol. The van der Waals surface area contributed by atoms with Crippen LogP contribution in [0, 0.1) is 22.7 Å². The molecule has 1 saturated heterocycles. The van der Waals surface area contributed by atoms with E-state index in [1.54, 1.807) is 7.11 Å². The Morgan fingerprint density at radius 2 is 1.94 bits per heavy atom. The first kappa shape index (κ1) is 24.3. The number of carbonyl (C=O) groups excluding carboxylic acids is 1. The molecule has 2 bridgehead atoms. The molecule has 33 heavy (non-hydrogen) atoms. The lowest BCUT2D eigenvalue weighted by molar-refractivity contribution is -0.129. The van der Waals surface area contributed by atoms with Crippen LogP contribution in [0.15, 0.2) is 36.4 Å². The smallest absolute Gasteiger partial charge is 0.238 e. The summed E-state index contributed by atoms with van der Waals surface area (Å²) >= 11 is 0. The zero-order chi connectivity index (χ0) is 24.0. The SMILES string of the molecule is C=C(COCc1ccc(OC)cc1)C[C@H](C)CC(=O)N1C2CC3CCC2(CS1(=O)=O)C3(C)C. The minimum absolute atomic E-state index is 0.00735. The normalized spacial score (nSPS) is 29.6. The Labute approximate surface area is 198 Å². The molecule has 6 nitrogen and oxygen atoms in total. The van der Waals surface area contributed by atoms with Gasteiger partial charge in [-0.1, -0.05) is 45.1 Å². The van der Waals surface area contributed by atoms with Gasteiger partial charge in [-0.15, -0.1) is 0 Å². The molecule has 4 rings (SSSR count). The molecule has 3 unspecified atom stereocenters. The van der Waals surface area contributed by atoms with Gasteiger partial charge in [-0.2, -0.15) is 0 Å². The highest BCUT2D eigenvalue weighted by molar-refractivity contribution is 7.90. The van der Waals surface area contributed by atoms with Crippen LogP contribution in [0.1, 0.15) is 58.4 Å². The molecule has 182 valence electrons. The lowest BCUT2D eigenvalue weighted by Crippen LogP contribution is -2.44. The average Bonchev–Trinajstić information content (AvgIpc) is 3.21. The van der Waals surface area contributed by atoms with Gasteiger partial charge in [0.15, 0.2) is 0 Å². The molecule has 0 aromatic heterocycles. The Bertz CT molecular complexity index is 1020. The zero-order valence-corrected chi connectivity index (χ0v) is 21.1. The number of nitrogens with zero attached hydrogens (tertiary/aromatic N) is 1. The second-order valence-corrected chi connectivity index (χ2v) is 12.8. The highest BCUT2D eigenvalue weighted by Gasteiger charge is 2.72. The highest BCUT2D eigenvalue weighted by Crippen LogP contribution is 2.70. The first-order valence-corrected chi connectivity index (χ1v) is 13.5. The average molecular weight is 476 g/mol. The maximum absolute atomic E-state index is 13.2. The second-order valence-electron chi connectivity index (χ2n) is 10.9. The van der Waals surface area contributed by atoms with E-state index in [-0.39, 0.29) is 40.9 Å². The number of methoxy groups -OCH3 is 1. The molecule has 3 aliphatic rings. The van der Waals surface area contributed by atoms with Crippen molar-refractivity contribution in [3.05, 3.63) is 42.0 Å². The molecular formula is C26H37NO5S. The Morgan fingerprint density at radius 3 is 2.58 bits per heavy atom. The minimum Gasteiger partial charge on any atom is -0.497 e. The quantitative estimate of drug-likeness (QED) is 0.490. The second kappa shape index (κ2) is 8.73. The lowest BCUT2D eigenvalue weighted by atomic mass is 9.69. The standard InChI is InChI=1S/C26H37NO5S/c1-18(12-19(2)15-32-16-20-6-8-22(31-5)9-7-20)13-24(28)27-23-14-21-10-11-26(23,25(21,3)4)17-33(27,29)30/h6-9,18,21,23H,2,10-17H2,1,3-5H3/t18-,21?,23?,26?/m0/s1. The van der Waals surface area contributed by atoms with E-state index < -0.39 is 10.0 Å². The number of hydrogen-bond acceptors (Lipinski definition) is 5. The summed E-state index contributed by atoms with van der Waals surface area (Å²) in [7, 11) is -1.92. The molecule has 1 aliphatic heterocycles. The van der Waals surface area contributed by atoms with E-state index in [2.05, 4.69) is 20.4 Å². The van der Waals surface area contributed by atoms with Crippen molar-refractivity contribution in [2.45, 2.75) is 65.5 Å². The molecule has 2 aliphatic carbocycles. The summed E-state index contributed by atoms with van der Waals surface area (Å²) in [6.07, 6.45) is 3.66. The van der Waals surface area contributed by atoms with Crippen molar-refractivity contribution in [3.8, 4) is 5.75 Å². The topological polar surface area (TPSA) is 72.9 Å². The van der Waals surface area contributed by atoms with Gasteiger partial charge in [0.1, 0.15) is 5.75 Å². The number of benzene rings is 1. The van der Waals surface area contributed by atoms with E-state index in [9.17, 15) is 13.2 Å². The third kappa shape index (κ3) is 4.23. The zero-order valence-electron chi connectivity index (χ0n) is 20.3. The van der Waals surface area contributed by atoms with Gasteiger partial charge in [0, 0.05) is 11.8 Å². The molecule has 1 heterocycles.